The Bertz CT molecular complexity index is 1040. The van der Waals surface area contributed by atoms with Crippen LogP contribution in [-0.4, -0.2) is 15.9 Å². The lowest BCUT2D eigenvalue weighted by Gasteiger charge is -2.08. The van der Waals surface area contributed by atoms with Crippen LogP contribution in [0.1, 0.15) is 5.69 Å². The molecule has 0 unspecified atom stereocenters. The predicted molar refractivity (Wildman–Crippen MR) is 105 cm³/mol. The minimum Gasteiger partial charge on any atom is -0.324 e. The second kappa shape index (κ2) is 6.92. The van der Waals surface area contributed by atoms with Crippen molar-refractivity contribution in [2.75, 3.05) is 5.32 Å². The van der Waals surface area contributed by atoms with E-state index in [9.17, 15) is 4.79 Å². The quantitative estimate of drug-likeness (QED) is 0.521. The highest BCUT2D eigenvalue weighted by atomic mass is 35.5. The first-order chi connectivity index (χ1) is 12.2. The van der Waals surface area contributed by atoms with Gasteiger partial charge in [-0.2, -0.15) is 11.3 Å². The van der Waals surface area contributed by atoms with E-state index in [0.717, 1.165) is 27.2 Å². The Balaban J connectivity index is 1.53. The van der Waals surface area contributed by atoms with Gasteiger partial charge in [0.05, 0.1) is 23.3 Å². The number of benzene rings is 1. The SMILES string of the molecule is O=C(Cc1csc(-c2ccsc2)n1)Nc1cc(Cl)cc2cccnc12. The number of rotatable bonds is 4. The Morgan fingerprint density at radius 1 is 1.24 bits per heavy atom. The first-order valence-corrected chi connectivity index (χ1v) is 9.70. The Kier molecular flexibility index (Phi) is 4.48. The van der Waals surface area contributed by atoms with E-state index in [1.165, 1.54) is 0 Å². The summed E-state index contributed by atoms with van der Waals surface area (Å²) in [6.45, 7) is 0. The molecule has 3 aromatic heterocycles. The third kappa shape index (κ3) is 3.56. The van der Waals surface area contributed by atoms with Crippen molar-refractivity contribution >= 4 is 56.8 Å². The van der Waals surface area contributed by atoms with Crippen LogP contribution in [0.3, 0.4) is 0 Å². The number of hydrogen-bond acceptors (Lipinski definition) is 5. The van der Waals surface area contributed by atoms with Crippen LogP contribution < -0.4 is 5.32 Å². The third-order valence-electron chi connectivity index (χ3n) is 3.61. The molecule has 124 valence electrons. The van der Waals surface area contributed by atoms with E-state index in [1.807, 2.05) is 40.4 Å². The number of nitrogens with zero attached hydrogens (tertiary/aromatic N) is 2. The lowest BCUT2D eigenvalue weighted by molar-refractivity contribution is -0.115. The molecule has 0 aliphatic rings. The molecule has 0 saturated carbocycles. The average Bonchev–Trinajstić information content (AvgIpc) is 3.25. The van der Waals surface area contributed by atoms with Gasteiger partial charge in [-0.15, -0.1) is 11.3 Å². The number of hydrogen-bond donors (Lipinski definition) is 1. The lowest BCUT2D eigenvalue weighted by Crippen LogP contribution is -2.15. The maximum atomic E-state index is 12.4. The van der Waals surface area contributed by atoms with Crippen LogP contribution >= 0.6 is 34.3 Å². The summed E-state index contributed by atoms with van der Waals surface area (Å²) in [7, 11) is 0. The molecular weight excluding hydrogens is 374 g/mol. The van der Waals surface area contributed by atoms with Gasteiger partial charge in [0.25, 0.3) is 0 Å². The van der Waals surface area contributed by atoms with Crippen LogP contribution in [0.25, 0.3) is 21.5 Å². The number of amides is 1. The highest BCUT2D eigenvalue weighted by molar-refractivity contribution is 7.14. The van der Waals surface area contributed by atoms with Gasteiger partial charge in [-0.05, 0) is 29.6 Å². The highest BCUT2D eigenvalue weighted by Crippen LogP contribution is 2.28. The van der Waals surface area contributed by atoms with Crippen molar-refractivity contribution in [2.24, 2.45) is 0 Å². The maximum Gasteiger partial charge on any atom is 0.230 e. The molecule has 0 aliphatic carbocycles. The molecule has 25 heavy (non-hydrogen) atoms. The minimum absolute atomic E-state index is 0.142. The number of aromatic nitrogens is 2. The van der Waals surface area contributed by atoms with Crippen LogP contribution in [0.5, 0.6) is 0 Å². The first kappa shape index (κ1) is 16.2. The number of halogens is 1. The summed E-state index contributed by atoms with van der Waals surface area (Å²) in [5.74, 6) is -0.142. The number of carbonyl (C=O) groups is 1. The van der Waals surface area contributed by atoms with Crippen LogP contribution in [0, 0.1) is 0 Å². The van der Waals surface area contributed by atoms with Crippen molar-refractivity contribution in [2.45, 2.75) is 6.42 Å². The number of anilines is 1. The molecule has 4 rings (SSSR count). The van der Waals surface area contributed by atoms with E-state index in [0.29, 0.717) is 10.7 Å². The summed E-state index contributed by atoms with van der Waals surface area (Å²) in [6, 6.07) is 9.32. The molecule has 1 N–H and O–H groups in total. The zero-order valence-electron chi connectivity index (χ0n) is 12.9. The second-order valence-corrected chi connectivity index (χ2v) is 7.48. The molecule has 1 aromatic carbocycles. The average molecular weight is 386 g/mol. The highest BCUT2D eigenvalue weighted by Gasteiger charge is 2.12. The van der Waals surface area contributed by atoms with Gasteiger partial charge in [-0.1, -0.05) is 17.7 Å². The number of thiophene rings is 1. The Morgan fingerprint density at radius 2 is 2.16 bits per heavy atom. The standard InChI is InChI=1S/C18H12ClN3OS2/c19-13-6-11-2-1-4-20-17(11)15(7-13)22-16(23)8-14-10-25-18(21-14)12-3-5-24-9-12/h1-7,9-10H,8H2,(H,22,23). The monoisotopic (exact) mass is 385 g/mol. The molecule has 0 radical (unpaired) electrons. The number of fused-ring (bicyclic) bond motifs is 1. The molecule has 0 bridgehead atoms. The van der Waals surface area contributed by atoms with Crippen molar-refractivity contribution in [3.05, 3.63) is 63.4 Å². The predicted octanol–water partition coefficient (Wildman–Crippen LogP) is 5.25. The van der Waals surface area contributed by atoms with E-state index >= 15 is 0 Å². The molecule has 3 heterocycles. The number of pyridine rings is 1. The van der Waals surface area contributed by atoms with E-state index < -0.39 is 0 Å². The van der Waals surface area contributed by atoms with Crippen molar-refractivity contribution in [1.82, 2.24) is 9.97 Å². The number of thiazole rings is 1. The van der Waals surface area contributed by atoms with Gasteiger partial charge < -0.3 is 5.32 Å². The molecule has 0 saturated heterocycles. The van der Waals surface area contributed by atoms with Crippen molar-refractivity contribution in [1.29, 1.82) is 0 Å². The number of carbonyl (C=O) groups excluding carboxylic acids is 1. The summed E-state index contributed by atoms with van der Waals surface area (Å²) in [4.78, 5) is 21.3. The summed E-state index contributed by atoms with van der Waals surface area (Å²) in [5.41, 5.74) is 3.17. The summed E-state index contributed by atoms with van der Waals surface area (Å²) >= 11 is 9.31. The first-order valence-electron chi connectivity index (χ1n) is 7.50. The minimum atomic E-state index is -0.142. The molecular formula is C18H12ClN3OS2. The van der Waals surface area contributed by atoms with Crippen LogP contribution in [0.15, 0.2) is 52.7 Å². The van der Waals surface area contributed by atoms with Gasteiger partial charge in [0.1, 0.15) is 5.01 Å². The van der Waals surface area contributed by atoms with E-state index in [2.05, 4.69) is 15.3 Å². The Labute approximate surface area is 157 Å². The van der Waals surface area contributed by atoms with Crippen molar-refractivity contribution < 1.29 is 4.79 Å². The molecule has 7 heteroatoms. The summed E-state index contributed by atoms with van der Waals surface area (Å²) in [6.07, 6.45) is 1.90. The van der Waals surface area contributed by atoms with Crippen LogP contribution in [-0.2, 0) is 11.2 Å². The van der Waals surface area contributed by atoms with Gasteiger partial charge in [-0.3, -0.25) is 9.78 Å². The van der Waals surface area contributed by atoms with Gasteiger partial charge in [0, 0.05) is 32.9 Å². The topological polar surface area (TPSA) is 54.9 Å². The lowest BCUT2D eigenvalue weighted by atomic mass is 10.2. The molecule has 0 fully saturated rings. The third-order valence-corrected chi connectivity index (χ3v) is 5.45. The maximum absolute atomic E-state index is 12.4. The zero-order valence-corrected chi connectivity index (χ0v) is 15.3. The molecule has 0 aliphatic heterocycles. The summed E-state index contributed by atoms with van der Waals surface area (Å²) in [5, 5.41) is 11.3. The zero-order chi connectivity index (χ0) is 17.2. The van der Waals surface area contributed by atoms with Gasteiger partial charge in [0.2, 0.25) is 5.91 Å². The molecule has 4 nitrogen and oxygen atoms in total. The normalized spacial score (nSPS) is 10.9. The van der Waals surface area contributed by atoms with Crippen LogP contribution in [0.2, 0.25) is 5.02 Å². The van der Waals surface area contributed by atoms with Gasteiger partial charge in [-0.25, -0.2) is 4.98 Å². The second-order valence-electron chi connectivity index (χ2n) is 5.41. The Hall–Kier alpha value is -2.28. The fraction of sp³-hybridized carbons (Fsp3) is 0.0556. The Morgan fingerprint density at radius 3 is 3.00 bits per heavy atom. The van der Waals surface area contributed by atoms with Crippen molar-refractivity contribution in [3.63, 3.8) is 0 Å². The largest absolute Gasteiger partial charge is 0.324 e. The van der Waals surface area contributed by atoms with E-state index in [1.54, 1.807) is 34.9 Å². The fourth-order valence-corrected chi connectivity index (χ4v) is 4.28. The smallest absolute Gasteiger partial charge is 0.230 e. The molecule has 0 atom stereocenters. The number of nitrogens with one attached hydrogen (secondary N) is 1. The van der Waals surface area contributed by atoms with Crippen molar-refractivity contribution in [3.8, 4) is 10.6 Å². The van der Waals surface area contributed by atoms with E-state index in [4.69, 9.17) is 11.6 Å². The molecule has 4 aromatic rings. The fourth-order valence-electron chi connectivity index (χ4n) is 2.52. The molecule has 0 spiro atoms. The van der Waals surface area contributed by atoms with Crippen LogP contribution in [0.4, 0.5) is 5.69 Å². The van der Waals surface area contributed by atoms with Gasteiger partial charge >= 0.3 is 0 Å². The van der Waals surface area contributed by atoms with Gasteiger partial charge in [0.15, 0.2) is 0 Å². The summed E-state index contributed by atoms with van der Waals surface area (Å²) < 4.78 is 0. The van der Waals surface area contributed by atoms with E-state index in [-0.39, 0.29) is 12.3 Å². The molecule has 1 amide bonds.